The number of halogens is 1. The molecule has 2 rings (SSSR count). The maximum Gasteiger partial charge on any atom is 0.243 e. The molecule has 5 nitrogen and oxygen atoms in total. The lowest BCUT2D eigenvalue weighted by Gasteiger charge is -2.26. The van der Waals surface area contributed by atoms with Gasteiger partial charge in [0.15, 0.2) is 5.96 Å². The summed E-state index contributed by atoms with van der Waals surface area (Å²) < 4.78 is 0. The van der Waals surface area contributed by atoms with Crippen molar-refractivity contribution in [1.29, 1.82) is 0 Å². The van der Waals surface area contributed by atoms with Gasteiger partial charge in [0.05, 0.1) is 0 Å². The van der Waals surface area contributed by atoms with Crippen molar-refractivity contribution in [3.05, 3.63) is 0 Å². The summed E-state index contributed by atoms with van der Waals surface area (Å²) in [6.45, 7) is 3.38. The predicted octanol–water partition coefficient (Wildman–Crippen LogP) is 2.31. The fourth-order valence-corrected chi connectivity index (χ4v) is 3.11. The van der Waals surface area contributed by atoms with Gasteiger partial charge in [0.1, 0.15) is 6.54 Å². The number of amides is 1. The predicted molar refractivity (Wildman–Crippen MR) is 102 cm³/mol. The summed E-state index contributed by atoms with van der Waals surface area (Å²) in [5.41, 5.74) is 0. The van der Waals surface area contributed by atoms with Crippen molar-refractivity contribution in [1.82, 2.24) is 15.1 Å². The number of hydrogen-bond acceptors (Lipinski definition) is 2. The molecule has 0 unspecified atom stereocenters. The number of rotatable bonds is 4. The molecule has 2 fully saturated rings. The Morgan fingerprint density at radius 2 is 1.77 bits per heavy atom. The first-order valence-corrected chi connectivity index (χ1v) is 8.40. The van der Waals surface area contributed by atoms with E-state index in [-0.39, 0.29) is 36.4 Å². The fraction of sp³-hybridized carbons (Fsp3) is 0.875. The molecule has 6 heteroatoms. The van der Waals surface area contributed by atoms with Crippen LogP contribution in [-0.2, 0) is 4.79 Å². The Balaban J connectivity index is 0.00000242. The Morgan fingerprint density at radius 3 is 2.36 bits per heavy atom. The van der Waals surface area contributed by atoms with Crippen LogP contribution in [0.25, 0.3) is 0 Å². The van der Waals surface area contributed by atoms with Crippen LogP contribution in [0.2, 0.25) is 0 Å². The lowest BCUT2D eigenvalue weighted by molar-refractivity contribution is -0.127. The molecule has 0 aromatic heterocycles. The minimum absolute atomic E-state index is 0. The maximum absolute atomic E-state index is 11.7. The van der Waals surface area contributed by atoms with Gasteiger partial charge in [-0.25, -0.2) is 4.99 Å². The Hall–Kier alpha value is -0.530. The number of carbonyl (C=O) groups excluding carboxylic acids is 1. The summed E-state index contributed by atoms with van der Waals surface area (Å²) >= 11 is 0. The third-order valence-electron chi connectivity index (χ3n) is 4.54. The Labute approximate surface area is 151 Å². The van der Waals surface area contributed by atoms with Crippen LogP contribution in [-0.4, -0.2) is 61.9 Å². The zero-order chi connectivity index (χ0) is 15.1. The van der Waals surface area contributed by atoms with Crippen LogP contribution < -0.4 is 5.32 Å². The first-order chi connectivity index (χ1) is 10.2. The van der Waals surface area contributed by atoms with Gasteiger partial charge in [-0.3, -0.25) is 4.79 Å². The van der Waals surface area contributed by atoms with E-state index in [9.17, 15) is 4.79 Å². The second kappa shape index (κ2) is 10.3. The van der Waals surface area contributed by atoms with Crippen LogP contribution in [0.15, 0.2) is 4.99 Å². The quantitative estimate of drug-likeness (QED) is 0.430. The van der Waals surface area contributed by atoms with Crippen molar-refractivity contribution in [2.75, 3.05) is 40.3 Å². The van der Waals surface area contributed by atoms with Crippen LogP contribution in [0.3, 0.4) is 0 Å². The average Bonchev–Trinajstić information content (AvgIpc) is 3.02. The van der Waals surface area contributed by atoms with E-state index in [1.54, 1.807) is 19.0 Å². The second-order valence-corrected chi connectivity index (χ2v) is 6.51. The van der Waals surface area contributed by atoms with E-state index < -0.39 is 0 Å². The Bertz CT molecular complexity index is 361. The SMILES string of the molecule is CN(C)C(=O)CN=C(NCC1CCCCC1)N1CCCC1.I. The van der Waals surface area contributed by atoms with Crippen molar-refractivity contribution in [3.63, 3.8) is 0 Å². The molecule has 0 aromatic rings. The lowest BCUT2D eigenvalue weighted by Crippen LogP contribution is -2.42. The van der Waals surface area contributed by atoms with Gasteiger partial charge in [0.25, 0.3) is 0 Å². The lowest BCUT2D eigenvalue weighted by atomic mass is 9.89. The van der Waals surface area contributed by atoms with Crippen LogP contribution in [0, 0.1) is 5.92 Å². The monoisotopic (exact) mass is 422 g/mol. The van der Waals surface area contributed by atoms with Crippen LogP contribution in [0.5, 0.6) is 0 Å². The third-order valence-corrected chi connectivity index (χ3v) is 4.54. The van der Waals surface area contributed by atoms with Crippen molar-refractivity contribution >= 4 is 35.8 Å². The van der Waals surface area contributed by atoms with E-state index in [0.717, 1.165) is 31.5 Å². The number of carbonyl (C=O) groups is 1. The number of nitrogens with zero attached hydrogens (tertiary/aromatic N) is 3. The van der Waals surface area contributed by atoms with Gasteiger partial charge in [0.2, 0.25) is 5.91 Å². The van der Waals surface area contributed by atoms with E-state index in [1.807, 2.05) is 0 Å². The number of aliphatic imine (C=N–C) groups is 1. The molecule has 0 atom stereocenters. The first-order valence-electron chi connectivity index (χ1n) is 8.40. The molecular weight excluding hydrogens is 391 g/mol. The van der Waals surface area contributed by atoms with E-state index in [0.29, 0.717) is 0 Å². The third kappa shape index (κ3) is 6.30. The highest BCUT2D eigenvalue weighted by atomic mass is 127. The molecule has 0 bridgehead atoms. The first kappa shape index (κ1) is 19.5. The molecule has 1 saturated heterocycles. The fourth-order valence-electron chi connectivity index (χ4n) is 3.11. The molecule has 1 saturated carbocycles. The number of likely N-dealkylation sites (tertiary alicyclic amines) is 1. The van der Waals surface area contributed by atoms with Gasteiger partial charge >= 0.3 is 0 Å². The van der Waals surface area contributed by atoms with E-state index in [2.05, 4.69) is 15.2 Å². The van der Waals surface area contributed by atoms with Gasteiger partial charge in [-0.05, 0) is 31.6 Å². The summed E-state index contributed by atoms with van der Waals surface area (Å²) in [7, 11) is 3.56. The summed E-state index contributed by atoms with van der Waals surface area (Å²) in [5, 5.41) is 3.53. The smallest absolute Gasteiger partial charge is 0.243 e. The number of nitrogens with one attached hydrogen (secondary N) is 1. The molecule has 0 radical (unpaired) electrons. The van der Waals surface area contributed by atoms with Crippen LogP contribution >= 0.6 is 24.0 Å². The normalized spacial score (nSPS) is 19.7. The highest BCUT2D eigenvalue weighted by Crippen LogP contribution is 2.22. The highest BCUT2D eigenvalue weighted by molar-refractivity contribution is 14.0. The Kier molecular flexibility index (Phi) is 9.12. The van der Waals surface area contributed by atoms with Crippen molar-refractivity contribution < 1.29 is 4.79 Å². The summed E-state index contributed by atoms with van der Waals surface area (Å²) in [5.74, 6) is 1.77. The maximum atomic E-state index is 11.7. The average molecular weight is 422 g/mol. The molecule has 0 spiro atoms. The van der Waals surface area contributed by atoms with Gasteiger partial charge in [-0.1, -0.05) is 19.3 Å². The topological polar surface area (TPSA) is 47.9 Å². The standard InChI is InChI=1S/C16H30N4O.HI/c1-19(2)15(21)13-18-16(20-10-6-7-11-20)17-12-14-8-4-3-5-9-14;/h14H,3-13H2,1-2H3,(H,17,18);1H. The van der Waals surface area contributed by atoms with E-state index in [1.165, 1.54) is 44.9 Å². The van der Waals surface area contributed by atoms with Gasteiger partial charge in [0, 0.05) is 33.7 Å². The number of likely N-dealkylation sites (N-methyl/N-ethyl adjacent to an activating group) is 1. The summed E-state index contributed by atoms with van der Waals surface area (Å²) in [4.78, 5) is 20.2. The molecular formula is C16H31IN4O. The second-order valence-electron chi connectivity index (χ2n) is 6.51. The minimum atomic E-state index is 0. The summed E-state index contributed by atoms with van der Waals surface area (Å²) in [6.07, 6.45) is 9.23. The molecule has 1 aliphatic heterocycles. The van der Waals surface area contributed by atoms with Crippen molar-refractivity contribution in [3.8, 4) is 0 Å². The van der Waals surface area contributed by atoms with Crippen molar-refractivity contribution in [2.45, 2.75) is 44.9 Å². The largest absolute Gasteiger partial charge is 0.356 e. The van der Waals surface area contributed by atoms with Crippen LogP contribution in [0.4, 0.5) is 0 Å². The van der Waals surface area contributed by atoms with Crippen molar-refractivity contribution in [2.24, 2.45) is 10.9 Å². The summed E-state index contributed by atoms with van der Waals surface area (Å²) in [6, 6.07) is 0. The van der Waals surface area contributed by atoms with Gasteiger partial charge in [-0.15, -0.1) is 24.0 Å². The number of guanidine groups is 1. The molecule has 1 aliphatic carbocycles. The molecule has 1 heterocycles. The van der Waals surface area contributed by atoms with Gasteiger partial charge in [-0.2, -0.15) is 0 Å². The molecule has 128 valence electrons. The molecule has 0 aromatic carbocycles. The number of hydrogen-bond donors (Lipinski definition) is 1. The molecule has 22 heavy (non-hydrogen) atoms. The molecule has 1 amide bonds. The minimum Gasteiger partial charge on any atom is -0.356 e. The van der Waals surface area contributed by atoms with Gasteiger partial charge < -0.3 is 15.1 Å². The Morgan fingerprint density at radius 1 is 1.14 bits per heavy atom. The molecule has 2 aliphatic rings. The molecule has 1 N–H and O–H groups in total. The van der Waals surface area contributed by atoms with Crippen LogP contribution in [0.1, 0.15) is 44.9 Å². The zero-order valence-corrected chi connectivity index (χ0v) is 16.3. The zero-order valence-electron chi connectivity index (χ0n) is 14.0. The van der Waals surface area contributed by atoms with E-state index >= 15 is 0 Å². The highest BCUT2D eigenvalue weighted by Gasteiger charge is 2.19. The van der Waals surface area contributed by atoms with E-state index in [4.69, 9.17) is 0 Å².